The van der Waals surface area contributed by atoms with E-state index in [0.717, 1.165) is 5.56 Å². The predicted octanol–water partition coefficient (Wildman–Crippen LogP) is 3.35. The molecule has 0 unspecified atom stereocenters. The number of benzene rings is 2. The number of aromatic nitrogens is 3. The van der Waals surface area contributed by atoms with Gasteiger partial charge in [0.1, 0.15) is 11.4 Å². The lowest BCUT2D eigenvalue weighted by Gasteiger charge is -2.10. The normalized spacial score (nSPS) is 10.6. The fourth-order valence-electron chi connectivity index (χ4n) is 2.41. The summed E-state index contributed by atoms with van der Waals surface area (Å²) in [6.45, 7) is 0.312. The molecule has 0 radical (unpaired) electrons. The molecule has 0 fully saturated rings. The van der Waals surface area contributed by atoms with E-state index in [1.165, 1.54) is 4.68 Å². The van der Waals surface area contributed by atoms with E-state index in [2.05, 4.69) is 10.3 Å². The molecule has 0 amide bonds. The van der Waals surface area contributed by atoms with Crippen molar-refractivity contribution in [3.05, 3.63) is 64.8 Å². The van der Waals surface area contributed by atoms with Crippen LogP contribution in [0.3, 0.4) is 0 Å². The van der Waals surface area contributed by atoms with Crippen molar-refractivity contribution < 1.29 is 14.6 Å². The molecule has 1 N–H and O–H groups in total. The smallest absolute Gasteiger partial charge is 0.358 e. The van der Waals surface area contributed by atoms with E-state index in [0.29, 0.717) is 28.6 Å². The molecule has 122 valence electrons. The maximum Gasteiger partial charge on any atom is 0.358 e. The van der Waals surface area contributed by atoms with Crippen molar-refractivity contribution in [2.24, 2.45) is 0 Å². The van der Waals surface area contributed by atoms with E-state index in [1.807, 2.05) is 18.2 Å². The number of aromatic carboxylic acids is 1. The highest BCUT2D eigenvalue weighted by Gasteiger charge is 2.21. The molecule has 2 aromatic carbocycles. The van der Waals surface area contributed by atoms with Gasteiger partial charge in [-0.25, -0.2) is 9.48 Å². The van der Waals surface area contributed by atoms with Gasteiger partial charge in [0.2, 0.25) is 0 Å². The van der Waals surface area contributed by atoms with Crippen LogP contribution in [0.5, 0.6) is 5.75 Å². The minimum Gasteiger partial charge on any atom is -0.497 e. The van der Waals surface area contributed by atoms with Crippen molar-refractivity contribution in [1.29, 1.82) is 0 Å². The zero-order valence-electron chi connectivity index (χ0n) is 12.8. The molecule has 6 nitrogen and oxygen atoms in total. The van der Waals surface area contributed by atoms with Crippen LogP contribution in [0.15, 0.2) is 48.5 Å². The Balaban J connectivity index is 2.11. The zero-order chi connectivity index (χ0) is 17.1. The fraction of sp³-hybridized carbons (Fsp3) is 0.118. The first kappa shape index (κ1) is 16.0. The van der Waals surface area contributed by atoms with Gasteiger partial charge >= 0.3 is 5.97 Å². The highest BCUT2D eigenvalue weighted by atomic mass is 35.5. The molecule has 7 heteroatoms. The number of hydrogen-bond donors (Lipinski definition) is 1. The molecule has 1 aromatic heterocycles. The monoisotopic (exact) mass is 343 g/mol. The number of halogens is 1. The number of carboxylic acid groups (broad SMARTS) is 1. The van der Waals surface area contributed by atoms with Crippen LogP contribution in [-0.4, -0.2) is 33.2 Å². The molecule has 0 aliphatic carbocycles. The number of carboxylic acids is 1. The van der Waals surface area contributed by atoms with Crippen LogP contribution in [0.1, 0.15) is 16.1 Å². The van der Waals surface area contributed by atoms with Crippen LogP contribution in [0.25, 0.3) is 11.3 Å². The summed E-state index contributed by atoms with van der Waals surface area (Å²) >= 11 is 6.19. The van der Waals surface area contributed by atoms with Crippen LogP contribution in [0, 0.1) is 0 Å². The minimum absolute atomic E-state index is 0.115. The lowest BCUT2D eigenvalue weighted by Crippen LogP contribution is -2.06. The summed E-state index contributed by atoms with van der Waals surface area (Å²) in [6.07, 6.45) is 0. The van der Waals surface area contributed by atoms with E-state index in [4.69, 9.17) is 16.3 Å². The third kappa shape index (κ3) is 3.09. The Bertz CT molecular complexity index is 892. The molecule has 24 heavy (non-hydrogen) atoms. The highest BCUT2D eigenvalue weighted by molar-refractivity contribution is 6.31. The Morgan fingerprint density at radius 1 is 1.25 bits per heavy atom. The maximum absolute atomic E-state index is 11.5. The SMILES string of the molecule is COc1cccc(-c2c(C(=O)O)nnn2Cc2ccccc2Cl)c1. The first-order valence-electron chi connectivity index (χ1n) is 7.14. The van der Waals surface area contributed by atoms with E-state index in [-0.39, 0.29) is 5.69 Å². The van der Waals surface area contributed by atoms with Gasteiger partial charge in [0.25, 0.3) is 0 Å². The number of methoxy groups -OCH3 is 1. The molecule has 0 aliphatic rings. The van der Waals surface area contributed by atoms with Crippen molar-refractivity contribution >= 4 is 17.6 Å². The first-order chi connectivity index (χ1) is 11.6. The zero-order valence-corrected chi connectivity index (χ0v) is 13.6. The lowest BCUT2D eigenvalue weighted by molar-refractivity contribution is 0.0691. The van der Waals surface area contributed by atoms with E-state index < -0.39 is 5.97 Å². The fourth-order valence-corrected chi connectivity index (χ4v) is 2.61. The van der Waals surface area contributed by atoms with Gasteiger partial charge in [-0.2, -0.15) is 0 Å². The minimum atomic E-state index is -1.14. The quantitative estimate of drug-likeness (QED) is 0.768. The predicted molar refractivity (Wildman–Crippen MR) is 89.5 cm³/mol. The average Bonchev–Trinajstić information content (AvgIpc) is 3.01. The van der Waals surface area contributed by atoms with Crippen molar-refractivity contribution in [1.82, 2.24) is 15.0 Å². The summed E-state index contributed by atoms with van der Waals surface area (Å²) in [5.41, 5.74) is 1.77. The van der Waals surface area contributed by atoms with Gasteiger partial charge in [-0.05, 0) is 23.8 Å². The summed E-state index contributed by atoms with van der Waals surface area (Å²) in [7, 11) is 1.55. The van der Waals surface area contributed by atoms with Crippen molar-refractivity contribution in [2.75, 3.05) is 7.11 Å². The first-order valence-corrected chi connectivity index (χ1v) is 7.52. The molecular formula is C17H14ClN3O3. The maximum atomic E-state index is 11.5. The second-order valence-corrected chi connectivity index (χ2v) is 5.48. The van der Waals surface area contributed by atoms with E-state index in [1.54, 1.807) is 37.4 Å². The van der Waals surface area contributed by atoms with Crippen molar-refractivity contribution in [3.63, 3.8) is 0 Å². The van der Waals surface area contributed by atoms with E-state index in [9.17, 15) is 9.90 Å². The van der Waals surface area contributed by atoms with Crippen molar-refractivity contribution in [3.8, 4) is 17.0 Å². The summed E-state index contributed by atoms with van der Waals surface area (Å²) in [5.74, 6) is -0.521. The van der Waals surface area contributed by atoms with Gasteiger partial charge in [-0.15, -0.1) is 5.10 Å². The largest absolute Gasteiger partial charge is 0.497 e. The van der Waals surface area contributed by atoms with Crippen LogP contribution in [0.2, 0.25) is 5.02 Å². The molecule has 0 aliphatic heterocycles. The van der Waals surface area contributed by atoms with Crippen LogP contribution < -0.4 is 4.74 Å². The molecule has 3 rings (SSSR count). The highest BCUT2D eigenvalue weighted by Crippen LogP contribution is 2.27. The Morgan fingerprint density at radius 2 is 2.04 bits per heavy atom. The number of nitrogens with zero attached hydrogens (tertiary/aromatic N) is 3. The summed E-state index contributed by atoms with van der Waals surface area (Å²) in [6, 6.07) is 14.4. The number of ether oxygens (including phenoxy) is 1. The van der Waals surface area contributed by atoms with Gasteiger partial charge in [0.05, 0.1) is 13.7 Å². The number of carbonyl (C=O) groups is 1. The van der Waals surface area contributed by atoms with E-state index >= 15 is 0 Å². The van der Waals surface area contributed by atoms with Gasteiger partial charge in [-0.1, -0.05) is 47.1 Å². The molecule has 0 saturated heterocycles. The standard InChI is InChI=1S/C17H14ClN3O3/c1-24-13-7-4-6-11(9-13)16-15(17(22)23)19-20-21(16)10-12-5-2-3-8-14(12)18/h2-9H,10H2,1H3,(H,22,23). The lowest BCUT2D eigenvalue weighted by atomic mass is 10.1. The molecule has 0 spiro atoms. The third-order valence-corrected chi connectivity index (χ3v) is 3.93. The Labute approximate surface area is 143 Å². The molecule has 1 heterocycles. The summed E-state index contributed by atoms with van der Waals surface area (Å²) in [5, 5.41) is 17.8. The summed E-state index contributed by atoms with van der Waals surface area (Å²) in [4.78, 5) is 11.5. The molecule has 0 bridgehead atoms. The number of hydrogen-bond acceptors (Lipinski definition) is 4. The summed E-state index contributed by atoms with van der Waals surface area (Å²) < 4.78 is 6.74. The van der Waals surface area contributed by atoms with Crippen LogP contribution >= 0.6 is 11.6 Å². The Morgan fingerprint density at radius 3 is 2.75 bits per heavy atom. The second kappa shape index (κ2) is 6.72. The molecule has 0 atom stereocenters. The molecular weight excluding hydrogens is 330 g/mol. The van der Waals surface area contributed by atoms with Gasteiger partial charge in [-0.3, -0.25) is 0 Å². The molecule has 0 saturated carbocycles. The van der Waals surface area contributed by atoms with Gasteiger partial charge in [0.15, 0.2) is 5.69 Å². The van der Waals surface area contributed by atoms with Crippen LogP contribution in [-0.2, 0) is 6.54 Å². The van der Waals surface area contributed by atoms with Crippen molar-refractivity contribution in [2.45, 2.75) is 6.54 Å². The Kier molecular flexibility index (Phi) is 4.48. The topological polar surface area (TPSA) is 77.2 Å². The van der Waals surface area contributed by atoms with Gasteiger partial charge in [0, 0.05) is 10.6 Å². The average molecular weight is 344 g/mol. The molecule has 3 aromatic rings. The third-order valence-electron chi connectivity index (χ3n) is 3.56. The van der Waals surface area contributed by atoms with Crippen LogP contribution in [0.4, 0.5) is 0 Å². The van der Waals surface area contributed by atoms with Gasteiger partial charge < -0.3 is 9.84 Å². The second-order valence-electron chi connectivity index (χ2n) is 5.07. The Hall–Kier alpha value is -2.86. The number of rotatable bonds is 5.